The van der Waals surface area contributed by atoms with Crippen molar-refractivity contribution in [1.29, 1.82) is 0 Å². The third-order valence-electron chi connectivity index (χ3n) is 5.02. The maximum absolute atomic E-state index is 12.5. The van der Waals surface area contributed by atoms with Crippen molar-refractivity contribution >= 4 is 55.8 Å². The number of amides is 1. The summed E-state index contributed by atoms with van der Waals surface area (Å²) in [5, 5.41) is 6.86. The number of nitrogens with one attached hydrogen (secondary N) is 1. The largest absolute Gasteiger partial charge is 0.383 e. The fourth-order valence-corrected chi connectivity index (χ4v) is 5.06. The molecule has 0 aliphatic heterocycles. The Bertz CT molecular complexity index is 1220. The average molecular weight is 423 g/mol. The maximum atomic E-state index is 12.5. The van der Waals surface area contributed by atoms with Crippen molar-refractivity contribution in [3.8, 4) is 0 Å². The van der Waals surface area contributed by atoms with Crippen molar-refractivity contribution in [3.05, 3.63) is 58.5 Å². The molecular formula is C22H22N4OS2. The molecule has 1 atom stereocenters. The number of carbonyl (C=O) groups is 1. The monoisotopic (exact) mass is 422 g/mol. The third-order valence-corrected chi connectivity index (χ3v) is 6.97. The second-order valence-corrected chi connectivity index (χ2v) is 9.18. The van der Waals surface area contributed by atoms with Gasteiger partial charge in [0.1, 0.15) is 10.6 Å². The Kier molecular flexibility index (Phi) is 5.43. The van der Waals surface area contributed by atoms with Crippen LogP contribution in [0.5, 0.6) is 0 Å². The number of nitrogen functional groups attached to an aromatic ring is 1. The van der Waals surface area contributed by atoms with Crippen LogP contribution in [0.4, 0.5) is 5.82 Å². The van der Waals surface area contributed by atoms with Crippen molar-refractivity contribution in [2.24, 2.45) is 0 Å². The van der Waals surface area contributed by atoms with E-state index < -0.39 is 0 Å². The Balaban J connectivity index is 1.42. The number of thiophene rings is 1. The zero-order valence-electron chi connectivity index (χ0n) is 16.5. The van der Waals surface area contributed by atoms with Gasteiger partial charge in [-0.15, -0.1) is 11.3 Å². The summed E-state index contributed by atoms with van der Waals surface area (Å²) in [6.45, 7) is 6.07. The highest BCUT2D eigenvalue weighted by Crippen LogP contribution is 2.33. The Morgan fingerprint density at radius 2 is 1.93 bits per heavy atom. The Hall–Kier alpha value is -2.64. The SMILES string of the molecule is Cc1sc2nc(SCC(=O)NC(C)c3ccc4ccccc4c3)nc(N)c2c1C. The van der Waals surface area contributed by atoms with E-state index in [1.54, 1.807) is 11.3 Å². The molecule has 1 unspecified atom stereocenters. The number of anilines is 1. The van der Waals surface area contributed by atoms with Gasteiger partial charge in [0, 0.05) is 4.88 Å². The minimum absolute atomic E-state index is 0.0588. The number of hydrogen-bond donors (Lipinski definition) is 2. The van der Waals surface area contributed by atoms with Crippen LogP contribution in [0.15, 0.2) is 47.6 Å². The molecule has 0 saturated heterocycles. The van der Waals surface area contributed by atoms with Gasteiger partial charge in [-0.1, -0.05) is 48.2 Å². The highest BCUT2D eigenvalue weighted by Gasteiger charge is 2.15. The number of fused-ring (bicyclic) bond motifs is 2. The van der Waals surface area contributed by atoms with Gasteiger partial charge in [-0.2, -0.15) is 0 Å². The number of hydrogen-bond acceptors (Lipinski definition) is 6. The molecule has 2 aromatic heterocycles. The van der Waals surface area contributed by atoms with Crippen molar-refractivity contribution in [2.75, 3.05) is 11.5 Å². The number of nitrogens with zero attached hydrogens (tertiary/aromatic N) is 2. The number of thioether (sulfide) groups is 1. The van der Waals surface area contributed by atoms with Crippen LogP contribution in [-0.2, 0) is 4.79 Å². The quantitative estimate of drug-likeness (QED) is 0.349. The van der Waals surface area contributed by atoms with Crippen LogP contribution in [0.3, 0.4) is 0 Å². The van der Waals surface area contributed by atoms with E-state index in [4.69, 9.17) is 5.73 Å². The lowest BCUT2D eigenvalue weighted by Crippen LogP contribution is -2.28. The van der Waals surface area contributed by atoms with Crippen molar-refractivity contribution in [2.45, 2.75) is 32.0 Å². The van der Waals surface area contributed by atoms with E-state index in [1.807, 2.05) is 26.0 Å². The van der Waals surface area contributed by atoms with Gasteiger partial charge in [-0.05, 0) is 48.7 Å². The maximum Gasteiger partial charge on any atom is 0.230 e. The van der Waals surface area contributed by atoms with E-state index in [9.17, 15) is 4.79 Å². The molecule has 0 spiro atoms. The Labute approximate surface area is 177 Å². The van der Waals surface area contributed by atoms with Crippen LogP contribution in [0.1, 0.15) is 29.0 Å². The number of benzene rings is 2. The molecule has 0 bridgehead atoms. The highest BCUT2D eigenvalue weighted by atomic mass is 32.2. The summed E-state index contributed by atoms with van der Waals surface area (Å²) in [7, 11) is 0. The first-order valence-corrected chi connectivity index (χ1v) is 11.2. The van der Waals surface area contributed by atoms with Gasteiger partial charge in [-0.25, -0.2) is 9.97 Å². The number of aromatic nitrogens is 2. The van der Waals surface area contributed by atoms with E-state index in [1.165, 1.54) is 27.4 Å². The minimum Gasteiger partial charge on any atom is -0.383 e. The predicted molar refractivity (Wildman–Crippen MR) is 123 cm³/mol. The van der Waals surface area contributed by atoms with Crippen molar-refractivity contribution < 1.29 is 4.79 Å². The van der Waals surface area contributed by atoms with Gasteiger partial charge in [0.2, 0.25) is 5.91 Å². The lowest BCUT2D eigenvalue weighted by molar-refractivity contribution is -0.119. The Morgan fingerprint density at radius 3 is 2.72 bits per heavy atom. The van der Waals surface area contributed by atoms with Gasteiger partial charge in [0.15, 0.2) is 5.16 Å². The summed E-state index contributed by atoms with van der Waals surface area (Å²) in [5.74, 6) is 0.660. The molecule has 2 aromatic carbocycles. The average Bonchev–Trinajstić information content (AvgIpc) is 3.00. The second-order valence-electron chi connectivity index (χ2n) is 7.04. The summed E-state index contributed by atoms with van der Waals surface area (Å²) in [6.07, 6.45) is 0. The van der Waals surface area contributed by atoms with Crippen LogP contribution >= 0.6 is 23.1 Å². The summed E-state index contributed by atoms with van der Waals surface area (Å²) >= 11 is 2.91. The van der Waals surface area contributed by atoms with Crippen molar-refractivity contribution in [3.63, 3.8) is 0 Å². The number of rotatable bonds is 5. The van der Waals surface area contributed by atoms with E-state index in [0.29, 0.717) is 11.0 Å². The smallest absolute Gasteiger partial charge is 0.230 e. The molecule has 0 saturated carbocycles. The van der Waals surface area contributed by atoms with Crippen LogP contribution in [0.25, 0.3) is 21.0 Å². The first-order chi connectivity index (χ1) is 13.9. The first kappa shape index (κ1) is 19.7. The molecular weight excluding hydrogens is 400 g/mol. The molecule has 0 aliphatic rings. The number of carbonyl (C=O) groups excluding carboxylic acids is 1. The molecule has 0 aliphatic carbocycles. The van der Waals surface area contributed by atoms with Crippen LogP contribution in [0.2, 0.25) is 0 Å². The molecule has 5 nitrogen and oxygen atoms in total. The second kappa shape index (κ2) is 8.00. The molecule has 0 radical (unpaired) electrons. The van der Waals surface area contributed by atoms with E-state index in [2.05, 4.69) is 52.5 Å². The van der Waals surface area contributed by atoms with Crippen LogP contribution in [0, 0.1) is 13.8 Å². The summed E-state index contributed by atoms with van der Waals surface area (Å²) in [4.78, 5) is 23.5. The first-order valence-electron chi connectivity index (χ1n) is 9.36. The number of aryl methyl sites for hydroxylation is 2. The molecule has 148 valence electrons. The van der Waals surface area contributed by atoms with Crippen LogP contribution in [-0.4, -0.2) is 21.6 Å². The topological polar surface area (TPSA) is 80.9 Å². The predicted octanol–water partition coefficient (Wildman–Crippen LogP) is 5.01. The van der Waals surface area contributed by atoms with Gasteiger partial charge >= 0.3 is 0 Å². The summed E-state index contributed by atoms with van der Waals surface area (Å²) < 4.78 is 0. The van der Waals surface area contributed by atoms with Crippen molar-refractivity contribution in [1.82, 2.24) is 15.3 Å². The zero-order chi connectivity index (χ0) is 20.5. The Morgan fingerprint density at radius 1 is 1.17 bits per heavy atom. The molecule has 1 amide bonds. The lowest BCUT2D eigenvalue weighted by Gasteiger charge is -2.15. The molecule has 4 rings (SSSR count). The number of nitrogens with two attached hydrogens (primary N) is 1. The van der Waals surface area contributed by atoms with Gasteiger partial charge in [0.05, 0.1) is 17.2 Å². The molecule has 3 N–H and O–H groups in total. The summed E-state index contributed by atoms with van der Waals surface area (Å²) in [6, 6.07) is 14.4. The molecule has 4 aromatic rings. The van der Waals surface area contributed by atoms with Gasteiger partial charge in [-0.3, -0.25) is 4.79 Å². The standard InChI is InChI=1S/C22H22N4OS2/c1-12-14(3)29-21-19(12)20(23)25-22(26-21)28-11-18(27)24-13(2)16-9-8-15-6-4-5-7-17(15)10-16/h4-10,13H,11H2,1-3H3,(H,24,27)(H2,23,25,26). The zero-order valence-corrected chi connectivity index (χ0v) is 18.2. The molecule has 0 fully saturated rings. The van der Waals surface area contributed by atoms with Gasteiger partial charge < -0.3 is 11.1 Å². The third kappa shape index (κ3) is 4.06. The lowest BCUT2D eigenvalue weighted by atomic mass is 10.0. The molecule has 7 heteroatoms. The molecule has 29 heavy (non-hydrogen) atoms. The minimum atomic E-state index is -0.0798. The summed E-state index contributed by atoms with van der Waals surface area (Å²) in [5.41, 5.74) is 8.32. The van der Waals surface area contributed by atoms with Gasteiger partial charge in [0.25, 0.3) is 0 Å². The van der Waals surface area contributed by atoms with E-state index in [-0.39, 0.29) is 17.7 Å². The normalized spacial score (nSPS) is 12.4. The fraction of sp³-hybridized carbons (Fsp3) is 0.227. The fourth-order valence-electron chi connectivity index (χ4n) is 3.30. The van der Waals surface area contributed by atoms with Crippen LogP contribution < -0.4 is 11.1 Å². The van der Waals surface area contributed by atoms with E-state index >= 15 is 0 Å². The highest BCUT2D eigenvalue weighted by molar-refractivity contribution is 7.99. The molecule has 2 heterocycles. The van der Waals surface area contributed by atoms with E-state index in [0.717, 1.165) is 21.3 Å².